The Morgan fingerprint density at radius 3 is 2.72 bits per heavy atom. The van der Waals surface area contributed by atoms with Crippen LogP contribution in [0.2, 0.25) is 0 Å². The number of amides is 1. The summed E-state index contributed by atoms with van der Waals surface area (Å²) in [7, 11) is 0. The standard InChI is InChI=1S/C19H17F2N3O/c20-13-6-7-16-17(19(25)22-18(16)10-13)12-24(15-4-2-1-3-5-15)23-9-8-14(21)11-23/h1-7,10,12,14H,8-9,11H2,(H,22,25). The van der Waals surface area contributed by atoms with Gasteiger partial charge in [-0.3, -0.25) is 9.80 Å². The van der Waals surface area contributed by atoms with Crippen LogP contribution >= 0.6 is 0 Å². The van der Waals surface area contributed by atoms with E-state index in [0.717, 1.165) is 5.69 Å². The topological polar surface area (TPSA) is 35.6 Å². The van der Waals surface area contributed by atoms with Gasteiger partial charge in [0.2, 0.25) is 0 Å². The predicted molar refractivity (Wildman–Crippen MR) is 93.0 cm³/mol. The third kappa shape index (κ3) is 3.00. The van der Waals surface area contributed by atoms with E-state index in [0.29, 0.717) is 29.8 Å². The summed E-state index contributed by atoms with van der Waals surface area (Å²) in [5.41, 5.74) is 2.37. The van der Waals surface area contributed by atoms with Gasteiger partial charge in [-0.1, -0.05) is 18.2 Å². The zero-order valence-corrected chi connectivity index (χ0v) is 13.5. The average Bonchev–Trinajstić information content (AvgIpc) is 3.16. The second kappa shape index (κ2) is 6.29. The average molecular weight is 341 g/mol. The molecule has 0 radical (unpaired) electrons. The fourth-order valence-electron chi connectivity index (χ4n) is 3.21. The molecule has 1 amide bonds. The van der Waals surface area contributed by atoms with Crippen molar-refractivity contribution in [3.05, 3.63) is 66.1 Å². The van der Waals surface area contributed by atoms with Crippen LogP contribution < -0.4 is 10.3 Å². The smallest absolute Gasteiger partial charge is 0.257 e. The van der Waals surface area contributed by atoms with Gasteiger partial charge >= 0.3 is 0 Å². The quantitative estimate of drug-likeness (QED) is 0.867. The number of nitrogens with zero attached hydrogens (tertiary/aromatic N) is 2. The van der Waals surface area contributed by atoms with Crippen molar-refractivity contribution in [1.82, 2.24) is 5.01 Å². The number of halogens is 2. The molecule has 1 unspecified atom stereocenters. The summed E-state index contributed by atoms with van der Waals surface area (Å²) >= 11 is 0. The van der Waals surface area contributed by atoms with Crippen LogP contribution in [0.1, 0.15) is 12.0 Å². The minimum Gasteiger partial charge on any atom is -0.321 e. The van der Waals surface area contributed by atoms with Crippen molar-refractivity contribution in [2.75, 3.05) is 23.4 Å². The van der Waals surface area contributed by atoms with Gasteiger partial charge in [-0.05, 0) is 36.8 Å². The van der Waals surface area contributed by atoms with E-state index >= 15 is 0 Å². The Kier molecular flexibility index (Phi) is 3.97. The minimum atomic E-state index is -0.886. The number of hydrogen-bond donors (Lipinski definition) is 1. The predicted octanol–water partition coefficient (Wildman–Crippen LogP) is 3.58. The molecule has 128 valence electrons. The highest BCUT2D eigenvalue weighted by atomic mass is 19.1. The first-order valence-corrected chi connectivity index (χ1v) is 8.18. The largest absolute Gasteiger partial charge is 0.321 e. The summed E-state index contributed by atoms with van der Waals surface area (Å²) in [6.45, 7) is 0.842. The minimum absolute atomic E-state index is 0.274. The molecular formula is C19H17F2N3O. The van der Waals surface area contributed by atoms with Gasteiger partial charge in [-0.15, -0.1) is 0 Å². The summed E-state index contributed by atoms with van der Waals surface area (Å²) in [4.78, 5) is 12.4. The molecule has 1 saturated heterocycles. The number of carbonyl (C=O) groups excluding carboxylic acids is 1. The zero-order chi connectivity index (χ0) is 17.4. The summed E-state index contributed by atoms with van der Waals surface area (Å²) in [5, 5.41) is 6.37. The molecule has 2 aliphatic heterocycles. The second-order valence-corrected chi connectivity index (χ2v) is 6.17. The van der Waals surface area contributed by atoms with Gasteiger partial charge in [0.25, 0.3) is 5.91 Å². The Morgan fingerprint density at radius 2 is 2.00 bits per heavy atom. The summed E-state index contributed by atoms with van der Waals surface area (Å²) in [5.74, 6) is -0.697. The number of anilines is 2. The number of hydrogen-bond acceptors (Lipinski definition) is 3. The maximum Gasteiger partial charge on any atom is 0.257 e. The van der Waals surface area contributed by atoms with Crippen LogP contribution in [0, 0.1) is 5.82 Å². The molecule has 0 bridgehead atoms. The number of fused-ring (bicyclic) bond motifs is 1. The Bertz CT molecular complexity index is 838. The number of alkyl halides is 1. The van der Waals surface area contributed by atoms with Gasteiger partial charge in [0.1, 0.15) is 12.0 Å². The Hall–Kier alpha value is -2.73. The molecule has 2 aromatic carbocycles. The van der Waals surface area contributed by atoms with E-state index in [1.165, 1.54) is 12.1 Å². The van der Waals surface area contributed by atoms with Gasteiger partial charge in [-0.2, -0.15) is 0 Å². The van der Waals surface area contributed by atoms with Crippen LogP contribution in [0.25, 0.3) is 5.57 Å². The lowest BCUT2D eigenvalue weighted by Crippen LogP contribution is -2.38. The van der Waals surface area contributed by atoms with Gasteiger partial charge in [0, 0.05) is 24.9 Å². The molecule has 4 nitrogen and oxygen atoms in total. The van der Waals surface area contributed by atoms with Crippen LogP contribution in [0.4, 0.5) is 20.2 Å². The first-order valence-electron chi connectivity index (χ1n) is 8.18. The van der Waals surface area contributed by atoms with Crippen LogP contribution in [-0.4, -0.2) is 30.2 Å². The van der Waals surface area contributed by atoms with Crippen LogP contribution in [0.15, 0.2) is 54.7 Å². The number of hydrazine groups is 1. The number of rotatable bonds is 3. The molecule has 4 rings (SSSR count). The highest BCUT2D eigenvalue weighted by molar-refractivity contribution is 6.31. The lowest BCUT2D eigenvalue weighted by atomic mass is 10.1. The molecule has 2 aliphatic rings. The Balaban J connectivity index is 1.76. The van der Waals surface area contributed by atoms with Crippen molar-refractivity contribution >= 4 is 22.9 Å². The van der Waals surface area contributed by atoms with E-state index in [2.05, 4.69) is 5.32 Å². The Morgan fingerprint density at radius 1 is 1.20 bits per heavy atom. The number of carbonyl (C=O) groups is 1. The van der Waals surface area contributed by atoms with Crippen molar-refractivity contribution < 1.29 is 13.6 Å². The maximum atomic E-state index is 13.7. The van der Waals surface area contributed by atoms with Gasteiger partial charge in [-0.25, -0.2) is 13.8 Å². The van der Waals surface area contributed by atoms with E-state index in [-0.39, 0.29) is 12.5 Å². The van der Waals surface area contributed by atoms with Crippen molar-refractivity contribution in [2.24, 2.45) is 0 Å². The van der Waals surface area contributed by atoms with Crippen LogP contribution in [0.3, 0.4) is 0 Å². The molecule has 1 N–H and O–H groups in total. The summed E-state index contributed by atoms with van der Waals surface area (Å²) < 4.78 is 27.1. The van der Waals surface area contributed by atoms with Crippen molar-refractivity contribution in [3.63, 3.8) is 0 Å². The number of benzene rings is 2. The summed E-state index contributed by atoms with van der Waals surface area (Å²) in [6.07, 6.45) is 1.27. The molecular weight excluding hydrogens is 324 g/mol. The van der Waals surface area contributed by atoms with Gasteiger partial charge < -0.3 is 5.32 Å². The fourth-order valence-corrected chi connectivity index (χ4v) is 3.21. The normalized spacial score (nSPS) is 21.4. The highest BCUT2D eigenvalue weighted by Gasteiger charge is 2.30. The summed E-state index contributed by atoms with van der Waals surface area (Å²) in [6, 6.07) is 13.7. The molecule has 25 heavy (non-hydrogen) atoms. The number of nitrogens with one attached hydrogen (secondary N) is 1. The van der Waals surface area contributed by atoms with E-state index in [4.69, 9.17) is 0 Å². The van der Waals surface area contributed by atoms with Crippen molar-refractivity contribution in [2.45, 2.75) is 12.6 Å². The van der Waals surface area contributed by atoms with Crippen LogP contribution in [0.5, 0.6) is 0 Å². The fraction of sp³-hybridized carbons (Fsp3) is 0.211. The highest BCUT2D eigenvalue weighted by Crippen LogP contribution is 2.34. The van der Waals surface area contributed by atoms with Gasteiger partial charge in [0.05, 0.1) is 16.9 Å². The van der Waals surface area contributed by atoms with Crippen molar-refractivity contribution in [3.8, 4) is 0 Å². The monoisotopic (exact) mass is 341 g/mol. The first-order chi connectivity index (χ1) is 12.1. The third-order valence-corrected chi connectivity index (χ3v) is 4.45. The number of para-hydroxylation sites is 1. The molecule has 1 atom stereocenters. The van der Waals surface area contributed by atoms with E-state index < -0.39 is 12.0 Å². The second-order valence-electron chi connectivity index (χ2n) is 6.17. The Labute approximate surface area is 144 Å². The first kappa shape index (κ1) is 15.8. The molecule has 0 saturated carbocycles. The molecule has 1 fully saturated rings. The molecule has 0 spiro atoms. The zero-order valence-electron chi connectivity index (χ0n) is 13.5. The third-order valence-electron chi connectivity index (χ3n) is 4.45. The lowest BCUT2D eigenvalue weighted by Gasteiger charge is -2.31. The van der Waals surface area contributed by atoms with E-state index in [1.807, 2.05) is 40.3 Å². The molecule has 2 heterocycles. The van der Waals surface area contributed by atoms with E-state index in [1.54, 1.807) is 12.3 Å². The van der Waals surface area contributed by atoms with Gasteiger partial charge in [0.15, 0.2) is 0 Å². The molecule has 0 aliphatic carbocycles. The van der Waals surface area contributed by atoms with Crippen LogP contribution in [-0.2, 0) is 4.79 Å². The van der Waals surface area contributed by atoms with Crippen molar-refractivity contribution in [1.29, 1.82) is 0 Å². The van der Waals surface area contributed by atoms with E-state index in [9.17, 15) is 13.6 Å². The lowest BCUT2D eigenvalue weighted by molar-refractivity contribution is -0.110. The molecule has 2 aromatic rings. The molecule has 6 heteroatoms. The maximum absolute atomic E-state index is 13.7. The molecule has 0 aromatic heterocycles. The SMILES string of the molecule is O=C1Nc2cc(F)ccc2C1=CN(c1ccccc1)N1CCC(F)C1.